The molecule has 8 heteroatoms. The van der Waals surface area contributed by atoms with Gasteiger partial charge in [-0.15, -0.1) is 11.8 Å². The fourth-order valence-electron chi connectivity index (χ4n) is 3.60. The molecule has 2 aromatic heterocycles. The maximum Gasteiger partial charge on any atom is 0.255 e. The van der Waals surface area contributed by atoms with Gasteiger partial charge in [0.05, 0.1) is 18.7 Å². The number of hydrogen-bond donors (Lipinski definition) is 2. The van der Waals surface area contributed by atoms with E-state index in [-0.39, 0.29) is 5.91 Å². The van der Waals surface area contributed by atoms with E-state index in [1.807, 2.05) is 84.9 Å². The van der Waals surface area contributed by atoms with Gasteiger partial charge in [0, 0.05) is 17.0 Å². The molecule has 0 unspecified atom stereocenters. The number of ether oxygens (including phenoxy) is 1. The van der Waals surface area contributed by atoms with E-state index in [0.717, 1.165) is 38.5 Å². The standard InChI is InChI=1S/C28H23N5O2S/c1-35-24-13-9-20(10-14-24)6-5-19-7-11-23(12-8-19)32-27(34)22-4-2-3-21(15-22)17-36-28-25-16-31-33-26(25)29-18-30-28/h2-16,18H,17H2,1H3,(H,32,34)(H,29,30,31,33)/b6-5+. The number of nitrogens with zero attached hydrogens (tertiary/aromatic N) is 3. The van der Waals surface area contributed by atoms with Crippen molar-refractivity contribution in [3.63, 3.8) is 0 Å². The van der Waals surface area contributed by atoms with Crippen LogP contribution in [0, 0.1) is 0 Å². The zero-order chi connectivity index (χ0) is 24.7. The van der Waals surface area contributed by atoms with Crippen LogP contribution in [0.25, 0.3) is 23.2 Å². The number of methoxy groups -OCH3 is 1. The highest BCUT2D eigenvalue weighted by molar-refractivity contribution is 7.98. The van der Waals surface area contributed by atoms with Crippen LogP contribution < -0.4 is 10.1 Å². The molecule has 0 saturated heterocycles. The first-order chi connectivity index (χ1) is 17.7. The van der Waals surface area contributed by atoms with Crippen molar-refractivity contribution in [1.29, 1.82) is 0 Å². The zero-order valence-electron chi connectivity index (χ0n) is 19.5. The van der Waals surface area contributed by atoms with Gasteiger partial charge in [-0.3, -0.25) is 9.89 Å². The summed E-state index contributed by atoms with van der Waals surface area (Å²) in [5.74, 6) is 1.36. The molecule has 0 aliphatic carbocycles. The van der Waals surface area contributed by atoms with Crippen molar-refractivity contribution >= 4 is 46.5 Å². The third-order valence-corrected chi connectivity index (χ3v) is 6.61. The number of benzene rings is 3. The van der Waals surface area contributed by atoms with E-state index in [4.69, 9.17) is 4.74 Å². The number of anilines is 1. The van der Waals surface area contributed by atoms with E-state index in [1.54, 1.807) is 25.1 Å². The number of nitrogens with one attached hydrogen (secondary N) is 2. The maximum absolute atomic E-state index is 12.9. The summed E-state index contributed by atoms with van der Waals surface area (Å²) in [6.07, 6.45) is 7.31. The van der Waals surface area contributed by atoms with Crippen LogP contribution in [0.3, 0.4) is 0 Å². The number of hydrogen-bond acceptors (Lipinski definition) is 6. The SMILES string of the molecule is COc1ccc(/C=C/c2ccc(NC(=O)c3cccc(CSc4ncnc5[nH]ncc45)c3)cc2)cc1. The molecule has 2 N–H and O–H groups in total. The second-order valence-corrected chi connectivity index (χ2v) is 8.95. The number of carbonyl (C=O) groups is 1. The Balaban J connectivity index is 1.20. The van der Waals surface area contributed by atoms with Crippen LogP contribution in [0.5, 0.6) is 5.75 Å². The molecule has 178 valence electrons. The third-order valence-electron chi connectivity index (χ3n) is 5.53. The van der Waals surface area contributed by atoms with Crippen LogP contribution in [0.15, 0.2) is 90.3 Å². The molecule has 7 nitrogen and oxygen atoms in total. The fourth-order valence-corrected chi connectivity index (χ4v) is 4.51. The lowest BCUT2D eigenvalue weighted by Gasteiger charge is -2.08. The molecular weight excluding hydrogens is 470 g/mol. The van der Waals surface area contributed by atoms with Gasteiger partial charge >= 0.3 is 0 Å². The minimum absolute atomic E-state index is 0.150. The number of carbonyl (C=O) groups excluding carboxylic acids is 1. The van der Waals surface area contributed by atoms with Crippen LogP contribution >= 0.6 is 11.8 Å². The first-order valence-electron chi connectivity index (χ1n) is 11.3. The van der Waals surface area contributed by atoms with Gasteiger partial charge in [-0.25, -0.2) is 9.97 Å². The molecule has 3 aromatic carbocycles. The molecule has 0 atom stereocenters. The van der Waals surface area contributed by atoms with E-state index in [9.17, 15) is 4.79 Å². The first kappa shape index (κ1) is 23.3. The molecule has 1 amide bonds. The fraction of sp³-hybridized carbons (Fsp3) is 0.0714. The van der Waals surface area contributed by atoms with Crippen molar-refractivity contribution in [1.82, 2.24) is 20.2 Å². The number of fused-ring (bicyclic) bond motifs is 1. The minimum atomic E-state index is -0.150. The molecule has 0 bridgehead atoms. The highest BCUT2D eigenvalue weighted by atomic mass is 32.2. The smallest absolute Gasteiger partial charge is 0.255 e. The molecule has 0 spiro atoms. The number of aromatic nitrogens is 4. The van der Waals surface area contributed by atoms with Gasteiger partial charge in [0.25, 0.3) is 5.91 Å². The average Bonchev–Trinajstić information content (AvgIpc) is 3.42. The Bertz CT molecular complexity index is 1510. The summed E-state index contributed by atoms with van der Waals surface area (Å²) in [6.45, 7) is 0. The Kier molecular flexibility index (Phi) is 7.05. The maximum atomic E-state index is 12.9. The quantitative estimate of drug-likeness (QED) is 0.155. The highest BCUT2D eigenvalue weighted by Crippen LogP contribution is 2.26. The van der Waals surface area contributed by atoms with E-state index in [2.05, 4.69) is 25.5 Å². The third kappa shape index (κ3) is 5.61. The van der Waals surface area contributed by atoms with Gasteiger partial charge in [0.15, 0.2) is 5.65 Å². The molecule has 0 aliphatic rings. The van der Waals surface area contributed by atoms with Crippen molar-refractivity contribution in [3.8, 4) is 5.75 Å². The summed E-state index contributed by atoms with van der Waals surface area (Å²) < 4.78 is 5.19. The normalized spacial score (nSPS) is 11.1. The molecule has 5 aromatic rings. The summed E-state index contributed by atoms with van der Waals surface area (Å²) in [6, 6.07) is 23.2. The van der Waals surface area contributed by atoms with E-state index in [1.165, 1.54) is 6.33 Å². The Morgan fingerprint density at radius 1 is 1.00 bits per heavy atom. The number of thioether (sulfide) groups is 1. The van der Waals surface area contributed by atoms with E-state index >= 15 is 0 Å². The summed E-state index contributed by atoms with van der Waals surface area (Å²) >= 11 is 1.58. The zero-order valence-corrected chi connectivity index (χ0v) is 20.3. The van der Waals surface area contributed by atoms with Crippen LogP contribution in [0.2, 0.25) is 0 Å². The van der Waals surface area contributed by atoms with Crippen LogP contribution in [-0.4, -0.2) is 33.2 Å². The lowest BCUT2D eigenvalue weighted by Crippen LogP contribution is -2.12. The van der Waals surface area contributed by atoms with Crippen molar-refractivity contribution < 1.29 is 9.53 Å². The van der Waals surface area contributed by atoms with Crippen molar-refractivity contribution in [3.05, 3.63) is 108 Å². The van der Waals surface area contributed by atoms with Gasteiger partial charge in [0.1, 0.15) is 17.1 Å². The van der Waals surface area contributed by atoms with Crippen molar-refractivity contribution in [2.45, 2.75) is 10.8 Å². The highest BCUT2D eigenvalue weighted by Gasteiger charge is 2.09. The summed E-state index contributed by atoms with van der Waals surface area (Å²) in [7, 11) is 1.65. The van der Waals surface area contributed by atoms with Crippen molar-refractivity contribution in [2.24, 2.45) is 0 Å². The molecule has 2 heterocycles. The van der Waals surface area contributed by atoms with Crippen molar-refractivity contribution in [2.75, 3.05) is 12.4 Å². The number of aromatic amines is 1. The molecular formula is C28H23N5O2S. The Morgan fingerprint density at radius 2 is 1.75 bits per heavy atom. The molecule has 0 aliphatic heterocycles. The molecule has 0 saturated carbocycles. The molecule has 0 radical (unpaired) electrons. The molecule has 36 heavy (non-hydrogen) atoms. The van der Waals surface area contributed by atoms with Gasteiger partial charge in [-0.05, 0) is 53.1 Å². The largest absolute Gasteiger partial charge is 0.497 e. The van der Waals surface area contributed by atoms with E-state index < -0.39 is 0 Å². The second-order valence-electron chi connectivity index (χ2n) is 7.98. The van der Waals surface area contributed by atoms with Gasteiger partial charge in [-0.1, -0.05) is 48.6 Å². The molecule has 0 fully saturated rings. The lowest BCUT2D eigenvalue weighted by atomic mass is 10.1. The second kappa shape index (κ2) is 10.9. The summed E-state index contributed by atoms with van der Waals surface area (Å²) in [5, 5.41) is 11.6. The molecule has 5 rings (SSSR count). The number of H-pyrrole nitrogens is 1. The Hall–Kier alpha value is -4.43. The number of rotatable bonds is 8. The first-order valence-corrected chi connectivity index (χ1v) is 12.3. The van der Waals surface area contributed by atoms with Gasteiger partial charge in [-0.2, -0.15) is 5.10 Å². The van der Waals surface area contributed by atoms with Crippen LogP contribution in [0.4, 0.5) is 5.69 Å². The van der Waals surface area contributed by atoms with E-state index in [0.29, 0.717) is 17.0 Å². The Morgan fingerprint density at radius 3 is 2.50 bits per heavy atom. The average molecular weight is 494 g/mol. The van der Waals surface area contributed by atoms with Gasteiger partial charge < -0.3 is 10.1 Å². The van der Waals surface area contributed by atoms with Crippen LogP contribution in [0.1, 0.15) is 27.0 Å². The topological polar surface area (TPSA) is 92.8 Å². The lowest BCUT2D eigenvalue weighted by molar-refractivity contribution is 0.102. The van der Waals surface area contributed by atoms with Crippen LogP contribution in [-0.2, 0) is 5.75 Å². The predicted octanol–water partition coefficient (Wildman–Crippen LogP) is 6.08. The summed E-state index contributed by atoms with van der Waals surface area (Å²) in [4.78, 5) is 21.4. The monoisotopic (exact) mass is 493 g/mol. The van der Waals surface area contributed by atoms with Gasteiger partial charge in [0.2, 0.25) is 0 Å². The summed E-state index contributed by atoms with van der Waals surface area (Å²) in [5.41, 5.74) is 5.21. The minimum Gasteiger partial charge on any atom is -0.497 e. The predicted molar refractivity (Wildman–Crippen MR) is 144 cm³/mol. The Labute approximate surface area is 212 Å². The number of amides is 1.